The van der Waals surface area contributed by atoms with Gasteiger partial charge >= 0.3 is 0 Å². The third-order valence-corrected chi connectivity index (χ3v) is 5.24. The number of nitrogens with zero attached hydrogens (tertiary/aromatic N) is 5. The fourth-order valence-electron chi connectivity index (χ4n) is 3.79. The van der Waals surface area contributed by atoms with Crippen molar-refractivity contribution in [2.45, 2.75) is 18.8 Å². The molecule has 9 nitrogen and oxygen atoms in total. The van der Waals surface area contributed by atoms with Gasteiger partial charge in [-0.2, -0.15) is 9.97 Å². The molecule has 5 rings (SSSR count). The van der Waals surface area contributed by atoms with Gasteiger partial charge in [0.15, 0.2) is 11.6 Å². The van der Waals surface area contributed by atoms with E-state index in [1.165, 1.54) is 0 Å². The standard InChI is InChI=1S/C20H20N6O3/c1-27-16-5-9-23-18(24-16)17(12-2-6-21-7-3-12)19-25-20(29-26-19)15-10-13-11-22-8-4-14(13)28-15/h4-5,8-12,17,21H,2-3,6-7H2,1H3. The first-order valence-corrected chi connectivity index (χ1v) is 9.57. The molecular formula is C20H20N6O3. The van der Waals surface area contributed by atoms with Crippen molar-refractivity contribution >= 4 is 11.0 Å². The Hall–Kier alpha value is -3.33. The van der Waals surface area contributed by atoms with E-state index in [9.17, 15) is 0 Å². The predicted molar refractivity (Wildman–Crippen MR) is 103 cm³/mol. The van der Waals surface area contributed by atoms with Gasteiger partial charge in [0.05, 0.1) is 13.0 Å². The zero-order valence-corrected chi connectivity index (χ0v) is 15.9. The highest BCUT2D eigenvalue weighted by Crippen LogP contribution is 2.35. The number of pyridine rings is 1. The van der Waals surface area contributed by atoms with Gasteiger partial charge in [0.2, 0.25) is 5.88 Å². The summed E-state index contributed by atoms with van der Waals surface area (Å²) < 4.78 is 16.7. The summed E-state index contributed by atoms with van der Waals surface area (Å²) in [4.78, 5) is 17.8. The molecule has 0 bridgehead atoms. The number of aromatic nitrogens is 5. The highest BCUT2D eigenvalue weighted by atomic mass is 16.5. The van der Waals surface area contributed by atoms with Crippen molar-refractivity contribution in [2.24, 2.45) is 5.92 Å². The van der Waals surface area contributed by atoms with Crippen LogP contribution in [0.1, 0.15) is 30.4 Å². The van der Waals surface area contributed by atoms with Gasteiger partial charge in [-0.1, -0.05) is 5.16 Å². The highest BCUT2D eigenvalue weighted by Gasteiger charge is 2.33. The van der Waals surface area contributed by atoms with Crippen molar-refractivity contribution in [3.8, 4) is 17.5 Å². The lowest BCUT2D eigenvalue weighted by atomic mass is 9.83. The summed E-state index contributed by atoms with van der Waals surface area (Å²) in [5, 5.41) is 8.54. The summed E-state index contributed by atoms with van der Waals surface area (Å²) in [6.07, 6.45) is 7.07. The zero-order chi connectivity index (χ0) is 19.6. The summed E-state index contributed by atoms with van der Waals surface area (Å²) in [7, 11) is 1.59. The van der Waals surface area contributed by atoms with Gasteiger partial charge in [-0.3, -0.25) is 4.98 Å². The van der Waals surface area contributed by atoms with Crippen molar-refractivity contribution in [2.75, 3.05) is 20.2 Å². The van der Waals surface area contributed by atoms with Gasteiger partial charge < -0.3 is 19.0 Å². The second-order valence-corrected chi connectivity index (χ2v) is 7.00. The SMILES string of the molecule is COc1ccnc(C(c2noc(-c3cc4cnccc4o3)n2)C2CCNCC2)n1. The number of piperidine rings is 1. The van der Waals surface area contributed by atoms with Crippen molar-refractivity contribution < 1.29 is 13.7 Å². The summed E-state index contributed by atoms with van der Waals surface area (Å²) in [5.41, 5.74) is 0.723. The van der Waals surface area contributed by atoms with Gasteiger partial charge in [-0.05, 0) is 44.0 Å². The second kappa shape index (κ2) is 7.59. The first-order valence-electron chi connectivity index (χ1n) is 9.57. The van der Waals surface area contributed by atoms with Crippen LogP contribution in [0.25, 0.3) is 22.6 Å². The number of hydrogen-bond donors (Lipinski definition) is 1. The Morgan fingerprint density at radius 2 is 2.03 bits per heavy atom. The molecule has 9 heteroatoms. The fourth-order valence-corrected chi connectivity index (χ4v) is 3.79. The van der Waals surface area contributed by atoms with Crippen LogP contribution in [0.2, 0.25) is 0 Å². The Kier molecular flexibility index (Phi) is 4.65. The molecule has 0 amide bonds. The summed E-state index contributed by atoms with van der Waals surface area (Å²) in [5.74, 6) is 2.67. The Morgan fingerprint density at radius 1 is 1.14 bits per heavy atom. The van der Waals surface area contributed by atoms with Crippen LogP contribution in [0.4, 0.5) is 0 Å². The van der Waals surface area contributed by atoms with Crippen molar-refractivity contribution in [3.63, 3.8) is 0 Å². The lowest BCUT2D eigenvalue weighted by Gasteiger charge is -2.27. The number of nitrogens with one attached hydrogen (secondary N) is 1. The average molecular weight is 392 g/mol. The molecule has 4 aromatic rings. The minimum Gasteiger partial charge on any atom is -0.481 e. The van der Waals surface area contributed by atoms with Gasteiger partial charge in [-0.15, -0.1) is 0 Å². The Morgan fingerprint density at radius 3 is 2.86 bits per heavy atom. The highest BCUT2D eigenvalue weighted by molar-refractivity contribution is 5.80. The Balaban J connectivity index is 1.53. The minimum absolute atomic E-state index is 0.184. The lowest BCUT2D eigenvalue weighted by Crippen LogP contribution is -2.32. The van der Waals surface area contributed by atoms with Gasteiger partial charge in [0.1, 0.15) is 11.4 Å². The molecule has 0 aromatic carbocycles. The normalized spacial score (nSPS) is 16.2. The van der Waals surface area contributed by atoms with Crippen molar-refractivity contribution in [3.05, 3.63) is 48.4 Å². The van der Waals surface area contributed by atoms with Crippen LogP contribution in [0.15, 0.2) is 45.7 Å². The maximum atomic E-state index is 5.84. The Bertz CT molecular complexity index is 1090. The summed E-state index contributed by atoms with van der Waals surface area (Å²) >= 11 is 0. The predicted octanol–water partition coefficient (Wildman–Crippen LogP) is 2.81. The Labute approximate surface area is 166 Å². The number of methoxy groups -OCH3 is 1. The molecule has 0 spiro atoms. The van der Waals surface area contributed by atoms with Crippen LogP contribution >= 0.6 is 0 Å². The topological polar surface area (TPSA) is 112 Å². The first-order chi connectivity index (χ1) is 14.3. The molecule has 1 fully saturated rings. The van der Waals surface area contributed by atoms with Gasteiger partial charge in [0, 0.05) is 30.0 Å². The molecule has 1 aliphatic rings. The molecule has 1 N–H and O–H groups in total. The van der Waals surface area contributed by atoms with E-state index in [2.05, 4.69) is 30.4 Å². The molecule has 1 aliphatic heterocycles. The van der Waals surface area contributed by atoms with Crippen molar-refractivity contribution in [1.82, 2.24) is 30.4 Å². The number of rotatable bonds is 5. The van der Waals surface area contributed by atoms with E-state index >= 15 is 0 Å². The van der Waals surface area contributed by atoms with Gasteiger partial charge in [0.25, 0.3) is 5.89 Å². The van der Waals surface area contributed by atoms with Crippen LogP contribution in [-0.4, -0.2) is 45.3 Å². The maximum absolute atomic E-state index is 5.84. The van der Waals surface area contributed by atoms with Crippen LogP contribution < -0.4 is 10.1 Å². The number of hydrogen-bond acceptors (Lipinski definition) is 9. The molecule has 5 heterocycles. The molecule has 1 saturated heterocycles. The average Bonchev–Trinajstić information content (AvgIpc) is 3.42. The monoisotopic (exact) mass is 392 g/mol. The van der Waals surface area contributed by atoms with Crippen LogP contribution in [-0.2, 0) is 0 Å². The van der Waals surface area contributed by atoms with E-state index in [4.69, 9.17) is 13.7 Å². The molecule has 0 aliphatic carbocycles. The molecule has 0 saturated carbocycles. The third kappa shape index (κ3) is 3.44. The molecule has 1 unspecified atom stereocenters. The number of ether oxygens (including phenoxy) is 1. The minimum atomic E-state index is -0.184. The van der Waals surface area contributed by atoms with E-state index in [1.54, 1.807) is 37.8 Å². The first kappa shape index (κ1) is 17.7. The molecule has 1 atom stereocenters. The van der Waals surface area contributed by atoms with Crippen LogP contribution in [0.3, 0.4) is 0 Å². The van der Waals surface area contributed by atoms with Gasteiger partial charge in [-0.25, -0.2) is 4.98 Å². The second-order valence-electron chi connectivity index (χ2n) is 7.00. The largest absolute Gasteiger partial charge is 0.481 e. The van der Waals surface area contributed by atoms with E-state index < -0.39 is 0 Å². The molecule has 0 radical (unpaired) electrons. The maximum Gasteiger partial charge on any atom is 0.293 e. The third-order valence-electron chi connectivity index (χ3n) is 5.24. The summed E-state index contributed by atoms with van der Waals surface area (Å²) in [6, 6.07) is 5.38. The van der Waals surface area contributed by atoms with E-state index in [-0.39, 0.29) is 5.92 Å². The van der Waals surface area contributed by atoms with Crippen LogP contribution in [0, 0.1) is 5.92 Å². The molecule has 148 valence electrons. The number of furan rings is 1. The molecule has 29 heavy (non-hydrogen) atoms. The zero-order valence-electron chi connectivity index (χ0n) is 15.9. The summed E-state index contributed by atoms with van der Waals surface area (Å²) in [6.45, 7) is 1.87. The molecular weight excluding hydrogens is 372 g/mol. The number of fused-ring (bicyclic) bond motifs is 1. The smallest absolute Gasteiger partial charge is 0.293 e. The van der Waals surface area contributed by atoms with E-state index in [0.29, 0.717) is 35.1 Å². The van der Waals surface area contributed by atoms with E-state index in [1.807, 2.05) is 6.07 Å². The fraction of sp³-hybridized carbons (Fsp3) is 0.350. The van der Waals surface area contributed by atoms with Crippen molar-refractivity contribution in [1.29, 1.82) is 0 Å². The molecule has 4 aromatic heterocycles. The van der Waals surface area contributed by atoms with Crippen LogP contribution in [0.5, 0.6) is 5.88 Å². The lowest BCUT2D eigenvalue weighted by molar-refractivity contribution is 0.315. The van der Waals surface area contributed by atoms with E-state index in [0.717, 1.165) is 36.9 Å². The quantitative estimate of drug-likeness (QED) is 0.548.